The monoisotopic (exact) mass is 142 g/mol. The summed E-state index contributed by atoms with van der Waals surface area (Å²) in [5, 5.41) is 9.02. The summed E-state index contributed by atoms with van der Waals surface area (Å²) in [6.07, 6.45) is 2.50. The first-order valence-electron chi connectivity index (χ1n) is 4.20. The number of aliphatic hydroxyl groups excluding tert-OH is 1. The van der Waals surface area contributed by atoms with Gasteiger partial charge in [0.15, 0.2) is 0 Å². The highest BCUT2D eigenvalue weighted by Crippen LogP contribution is 2.46. The minimum Gasteiger partial charge on any atom is -0.396 e. The van der Waals surface area contributed by atoms with Crippen molar-refractivity contribution in [2.45, 2.75) is 33.6 Å². The normalized spacial score (nSPS) is 38.4. The molecule has 0 radical (unpaired) electrons. The third-order valence-electron chi connectivity index (χ3n) is 3.49. The number of hydrogen-bond donors (Lipinski definition) is 1. The summed E-state index contributed by atoms with van der Waals surface area (Å²) in [7, 11) is 0. The van der Waals surface area contributed by atoms with Gasteiger partial charge in [0.2, 0.25) is 0 Å². The van der Waals surface area contributed by atoms with Crippen LogP contribution in [0.3, 0.4) is 0 Å². The Balaban J connectivity index is 2.64. The maximum atomic E-state index is 9.02. The lowest BCUT2D eigenvalue weighted by molar-refractivity contribution is 0.120. The van der Waals surface area contributed by atoms with Crippen LogP contribution in [0, 0.1) is 17.3 Å². The third-order valence-corrected chi connectivity index (χ3v) is 3.49. The van der Waals surface area contributed by atoms with Crippen molar-refractivity contribution in [3.63, 3.8) is 0 Å². The molecule has 1 N–H and O–H groups in total. The molecule has 0 aliphatic heterocycles. The fourth-order valence-corrected chi connectivity index (χ4v) is 1.92. The van der Waals surface area contributed by atoms with Gasteiger partial charge >= 0.3 is 0 Å². The zero-order valence-corrected chi connectivity index (χ0v) is 7.22. The van der Waals surface area contributed by atoms with Gasteiger partial charge in [0, 0.05) is 6.61 Å². The standard InChI is InChI=1S/C9H18O/c1-7-4-5-8(6-10)9(7,2)3/h7-8,10H,4-6H2,1-3H3. The van der Waals surface area contributed by atoms with Crippen molar-refractivity contribution in [2.75, 3.05) is 6.61 Å². The zero-order valence-electron chi connectivity index (χ0n) is 7.22. The summed E-state index contributed by atoms with van der Waals surface area (Å²) >= 11 is 0. The lowest BCUT2D eigenvalue weighted by Gasteiger charge is -2.29. The molecule has 2 atom stereocenters. The van der Waals surface area contributed by atoms with Crippen LogP contribution in [-0.4, -0.2) is 11.7 Å². The molecule has 0 aromatic heterocycles. The maximum Gasteiger partial charge on any atom is 0.0464 e. The minimum absolute atomic E-state index is 0.370. The Bertz CT molecular complexity index is 118. The number of aliphatic hydroxyl groups is 1. The third kappa shape index (κ3) is 1.07. The molecule has 1 aliphatic rings. The first-order valence-corrected chi connectivity index (χ1v) is 4.20. The first-order chi connectivity index (χ1) is 4.59. The topological polar surface area (TPSA) is 20.2 Å². The van der Waals surface area contributed by atoms with Crippen molar-refractivity contribution >= 4 is 0 Å². The first kappa shape index (κ1) is 8.06. The molecule has 1 saturated carbocycles. The van der Waals surface area contributed by atoms with Crippen LogP contribution in [-0.2, 0) is 0 Å². The molecule has 1 rings (SSSR count). The Morgan fingerprint density at radius 2 is 2.00 bits per heavy atom. The molecule has 1 nitrogen and oxygen atoms in total. The molecule has 0 aromatic rings. The van der Waals surface area contributed by atoms with Gasteiger partial charge in [-0.15, -0.1) is 0 Å². The Morgan fingerprint density at radius 3 is 2.20 bits per heavy atom. The van der Waals surface area contributed by atoms with E-state index >= 15 is 0 Å². The van der Waals surface area contributed by atoms with E-state index in [1.54, 1.807) is 0 Å². The van der Waals surface area contributed by atoms with Crippen LogP contribution in [0.4, 0.5) is 0 Å². The largest absolute Gasteiger partial charge is 0.396 e. The molecule has 10 heavy (non-hydrogen) atoms. The van der Waals surface area contributed by atoms with Crippen LogP contribution < -0.4 is 0 Å². The van der Waals surface area contributed by atoms with Crippen molar-refractivity contribution < 1.29 is 5.11 Å². The fraction of sp³-hybridized carbons (Fsp3) is 1.00. The van der Waals surface area contributed by atoms with Crippen LogP contribution in [0.25, 0.3) is 0 Å². The molecule has 1 heteroatoms. The highest BCUT2D eigenvalue weighted by molar-refractivity contribution is 4.89. The Hall–Kier alpha value is -0.0400. The highest BCUT2D eigenvalue weighted by Gasteiger charge is 2.39. The quantitative estimate of drug-likeness (QED) is 0.594. The van der Waals surface area contributed by atoms with Crippen molar-refractivity contribution in [3.05, 3.63) is 0 Å². The van der Waals surface area contributed by atoms with E-state index in [0.717, 1.165) is 5.92 Å². The molecule has 0 saturated heterocycles. The van der Waals surface area contributed by atoms with Crippen LogP contribution in [0.15, 0.2) is 0 Å². The minimum atomic E-state index is 0.370. The molecular weight excluding hydrogens is 124 g/mol. The van der Waals surface area contributed by atoms with Gasteiger partial charge in [-0.25, -0.2) is 0 Å². The zero-order chi connectivity index (χ0) is 7.78. The maximum absolute atomic E-state index is 9.02. The van der Waals surface area contributed by atoms with E-state index in [2.05, 4.69) is 20.8 Å². The summed E-state index contributed by atoms with van der Waals surface area (Å²) in [6.45, 7) is 7.20. The molecule has 0 aromatic carbocycles. The van der Waals surface area contributed by atoms with Crippen molar-refractivity contribution in [3.8, 4) is 0 Å². The summed E-state index contributed by atoms with van der Waals surface area (Å²) in [5.41, 5.74) is 0.370. The highest BCUT2D eigenvalue weighted by atomic mass is 16.3. The van der Waals surface area contributed by atoms with E-state index in [-0.39, 0.29) is 0 Å². The molecule has 0 spiro atoms. The Morgan fingerprint density at radius 1 is 1.40 bits per heavy atom. The van der Waals surface area contributed by atoms with E-state index in [4.69, 9.17) is 5.11 Å². The SMILES string of the molecule is CC1CCC(CO)C1(C)C. The lowest BCUT2D eigenvalue weighted by atomic mass is 9.77. The van der Waals surface area contributed by atoms with Gasteiger partial charge in [-0.1, -0.05) is 20.8 Å². The summed E-state index contributed by atoms with van der Waals surface area (Å²) in [5.74, 6) is 1.33. The summed E-state index contributed by atoms with van der Waals surface area (Å²) in [4.78, 5) is 0. The molecule has 0 bridgehead atoms. The van der Waals surface area contributed by atoms with Gasteiger partial charge in [0.25, 0.3) is 0 Å². The van der Waals surface area contributed by atoms with Gasteiger partial charge in [0.1, 0.15) is 0 Å². The molecule has 0 amide bonds. The predicted octanol–water partition coefficient (Wildman–Crippen LogP) is 2.05. The second-order valence-corrected chi connectivity index (χ2v) is 4.18. The van der Waals surface area contributed by atoms with E-state index in [9.17, 15) is 0 Å². The van der Waals surface area contributed by atoms with Gasteiger partial charge in [-0.2, -0.15) is 0 Å². The van der Waals surface area contributed by atoms with E-state index in [0.29, 0.717) is 17.9 Å². The van der Waals surface area contributed by atoms with Crippen LogP contribution in [0.5, 0.6) is 0 Å². The lowest BCUT2D eigenvalue weighted by Crippen LogP contribution is -2.25. The molecule has 60 valence electrons. The van der Waals surface area contributed by atoms with Gasteiger partial charge in [-0.3, -0.25) is 0 Å². The van der Waals surface area contributed by atoms with Crippen LogP contribution >= 0.6 is 0 Å². The van der Waals surface area contributed by atoms with Crippen LogP contribution in [0.1, 0.15) is 33.6 Å². The molecule has 1 aliphatic carbocycles. The van der Waals surface area contributed by atoms with Gasteiger partial charge in [-0.05, 0) is 30.1 Å². The average Bonchev–Trinajstić information content (AvgIpc) is 2.10. The molecule has 0 heterocycles. The van der Waals surface area contributed by atoms with E-state index in [1.165, 1.54) is 12.8 Å². The predicted molar refractivity (Wildman–Crippen MR) is 42.8 cm³/mol. The molecule has 2 unspecified atom stereocenters. The van der Waals surface area contributed by atoms with E-state index in [1.807, 2.05) is 0 Å². The van der Waals surface area contributed by atoms with Gasteiger partial charge in [0.05, 0.1) is 0 Å². The number of rotatable bonds is 1. The summed E-state index contributed by atoms with van der Waals surface area (Å²) in [6, 6.07) is 0. The molecule has 1 fully saturated rings. The second-order valence-electron chi connectivity index (χ2n) is 4.18. The van der Waals surface area contributed by atoms with Gasteiger partial charge < -0.3 is 5.11 Å². The van der Waals surface area contributed by atoms with Crippen molar-refractivity contribution in [2.24, 2.45) is 17.3 Å². The molecular formula is C9H18O. The Labute approximate surface area is 63.4 Å². The van der Waals surface area contributed by atoms with Crippen LogP contribution in [0.2, 0.25) is 0 Å². The second kappa shape index (κ2) is 2.54. The van der Waals surface area contributed by atoms with Crippen molar-refractivity contribution in [1.29, 1.82) is 0 Å². The Kier molecular flexibility index (Phi) is 2.04. The van der Waals surface area contributed by atoms with E-state index < -0.39 is 0 Å². The summed E-state index contributed by atoms with van der Waals surface area (Å²) < 4.78 is 0. The average molecular weight is 142 g/mol. The van der Waals surface area contributed by atoms with Crippen molar-refractivity contribution in [1.82, 2.24) is 0 Å². The smallest absolute Gasteiger partial charge is 0.0464 e. The number of hydrogen-bond acceptors (Lipinski definition) is 1. The fourth-order valence-electron chi connectivity index (χ4n) is 1.92.